The Kier molecular flexibility index (Phi) is 8.08. The molecule has 1 atom stereocenters. The molecule has 3 aromatic heterocycles. The number of aliphatic hydroxyl groups is 1. The van der Waals surface area contributed by atoms with Crippen LogP contribution in [-0.2, 0) is 4.74 Å². The van der Waals surface area contributed by atoms with Crippen LogP contribution in [0, 0.1) is 11.8 Å². The monoisotopic (exact) mass is 570 g/mol. The number of carbonyl (C=O) groups is 1. The summed E-state index contributed by atoms with van der Waals surface area (Å²) in [6.45, 7) is 5.53. The maximum absolute atomic E-state index is 13.2. The summed E-state index contributed by atoms with van der Waals surface area (Å²) in [5, 5.41) is 16.1. The first kappa shape index (κ1) is 28.7. The van der Waals surface area contributed by atoms with Gasteiger partial charge in [-0.15, -0.1) is 5.10 Å². The lowest BCUT2D eigenvalue weighted by Gasteiger charge is -2.40. The molecule has 1 aliphatic rings. The van der Waals surface area contributed by atoms with Gasteiger partial charge in [0.05, 0.1) is 18.2 Å². The van der Waals surface area contributed by atoms with E-state index in [1.165, 1.54) is 4.68 Å². The summed E-state index contributed by atoms with van der Waals surface area (Å²) in [4.78, 5) is 18.9. The summed E-state index contributed by atoms with van der Waals surface area (Å²) >= 11 is 0. The molecule has 0 radical (unpaired) electrons. The molecule has 218 valence electrons. The third-order valence-electron chi connectivity index (χ3n) is 7.64. The Morgan fingerprint density at radius 3 is 2.49 bits per heavy atom. The summed E-state index contributed by atoms with van der Waals surface area (Å²) in [6, 6.07) is 12.6. The van der Waals surface area contributed by atoms with E-state index in [1.54, 1.807) is 30.3 Å². The number of aromatic nitrogens is 3. The number of anilines is 1. The number of benzene rings is 1. The normalized spacial score (nSPS) is 18.5. The standard InChI is InChI=1S/C30H33F3N4O4/c1-4-40-29(39)23-17-36(22-13-9-19(10-14-22)26-16-24-25(41-26)6-5-15-34-24)35-27(23)37(18(2)3)28(38)20-7-11-21(12-8-20)30(31,32)33/h5-6,9-10,13-18,20-21,28,38H,4,7-8,11-12H2,1-3H3. The number of aliphatic hydroxyl groups excluding tert-OH is 1. The number of rotatable bonds is 8. The number of carbonyl (C=O) groups excluding carboxylic acids is 1. The summed E-state index contributed by atoms with van der Waals surface area (Å²) in [6.07, 6.45) is -1.73. The van der Waals surface area contributed by atoms with Crippen LogP contribution >= 0.6 is 0 Å². The van der Waals surface area contributed by atoms with Crippen LogP contribution in [0.3, 0.4) is 0 Å². The molecule has 11 heteroatoms. The lowest BCUT2D eigenvalue weighted by atomic mass is 9.80. The molecule has 4 aromatic rings. The van der Waals surface area contributed by atoms with Gasteiger partial charge in [0.25, 0.3) is 0 Å². The first-order chi connectivity index (χ1) is 19.6. The van der Waals surface area contributed by atoms with Gasteiger partial charge in [0.1, 0.15) is 23.1 Å². The molecular formula is C30H33F3N4O4. The minimum absolute atomic E-state index is 0.0377. The maximum atomic E-state index is 13.2. The average Bonchev–Trinajstić information content (AvgIpc) is 3.58. The number of hydrogen-bond donors (Lipinski definition) is 1. The van der Waals surface area contributed by atoms with Crippen LogP contribution in [0.1, 0.15) is 56.8 Å². The van der Waals surface area contributed by atoms with E-state index < -0.39 is 30.2 Å². The van der Waals surface area contributed by atoms with Crippen LogP contribution < -0.4 is 4.90 Å². The van der Waals surface area contributed by atoms with Crippen molar-refractivity contribution in [2.24, 2.45) is 11.8 Å². The van der Waals surface area contributed by atoms with E-state index in [4.69, 9.17) is 9.15 Å². The van der Waals surface area contributed by atoms with Crippen molar-refractivity contribution < 1.29 is 32.2 Å². The highest BCUT2D eigenvalue weighted by Crippen LogP contribution is 2.42. The van der Waals surface area contributed by atoms with Crippen LogP contribution in [0.5, 0.6) is 0 Å². The molecule has 5 rings (SSSR count). The average molecular weight is 571 g/mol. The van der Waals surface area contributed by atoms with E-state index in [0.717, 1.165) is 11.1 Å². The van der Waals surface area contributed by atoms with E-state index in [9.17, 15) is 23.1 Å². The van der Waals surface area contributed by atoms with Crippen molar-refractivity contribution in [2.45, 2.75) is 64.9 Å². The van der Waals surface area contributed by atoms with Gasteiger partial charge in [-0.2, -0.15) is 13.2 Å². The highest BCUT2D eigenvalue weighted by atomic mass is 19.4. The molecule has 1 unspecified atom stereocenters. The van der Waals surface area contributed by atoms with Gasteiger partial charge < -0.3 is 19.2 Å². The van der Waals surface area contributed by atoms with E-state index in [-0.39, 0.29) is 49.7 Å². The lowest BCUT2D eigenvalue weighted by molar-refractivity contribution is -0.185. The fourth-order valence-electron chi connectivity index (χ4n) is 5.48. The number of hydrogen-bond acceptors (Lipinski definition) is 7. The van der Waals surface area contributed by atoms with Gasteiger partial charge >= 0.3 is 12.1 Å². The second kappa shape index (κ2) is 11.6. The fourth-order valence-corrected chi connectivity index (χ4v) is 5.48. The van der Waals surface area contributed by atoms with Gasteiger partial charge in [0.2, 0.25) is 0 Å². The van der Waals surface area contributed by atoms with Crippen LogP contribution in [0.15, 0.2) is 59.3 Å². The molecule has 3 heterocycles. The lowest BCUT2D eigenvalue weighted by Crippen LogP contribution is -2.47. The number of pyridine rings is 1. The zero-order chi connectivity index (χ0) is 29.3. The second-order valence-electron chi connectivity index (χ2n) is 10.6. The molecule has 1 fully saturated rings. The quantitative estimate of drug-likeness (QED) is 0.185. The van der Waals surface area contributed by atoms with Crippen LogP contribution in [0.4, 0.5) is 19.0 Å². The zero-order valence-electron chi connectivity index (χ0n) is 23.1. The minimum Gasteiger partial charge on any atom is -0.462 e. The highest BCUT2D eigenvalue weighted by molar-refractivity contribution is 5.95. The van der Waals surface area contributed by atoms with Crippen LogP contribution in [0.25, 0.3) is 28.1 Å². The number of alkyl halides is 3. The summed E-state index contributed by atoms with van der Waals surface area (Å²) in [7, 11) is 0. The third kappa shape index (κ3) is 5.95. The molecule has 1 saturated carbocycles. The number of halogens is 3. The Labute approximate surface area is 235 Å². The number of ether oxygens (including phenoxy) is 1. The molecule has 1 aromatic carbocycles. The number of fused-ring (bicyclic) bond motifs is 1. The minimum atomic E-state index is -4.24. The molecule has 0 spiro atoms. The summed E-state index contributed by atoms with van der Waals surface area (Å²) in [5.41, 5.74) is 3.08. The highest BCUT2D eigenvalue weighted by Gasteiger charge is 2.43. The van der Waals surface area contributed by atoms with Crippen molar-refractivity contribution in [3.63, 3.8) is 0 Å². The summed E-state index contributed by atoms with van der Waals surface area (Å²) < 4.78 is 52.4. The van der Waals surface area contributed by atoms with Crippen LogP contribution in [0.2, 0.25) is 0 Å². The first-order valence-electron chi connectivity index (χ1n) is 13.8. The molecule has 1 aliphatic carbocycles. The predicted molar refractivity (Wildman–Crippen MR) is 148 cm³/mol. The molecule has 8 nitrogen and oxygen atoms in total. The fraction of sp³-hybridized carbons (Fsp3) is 0.433. The molecular weight excluding hydrogens is 537 g/mol. The van der Waals surface area contributed by atoms with E-state index in [0.29, 0.717) is 17.0 Å². The van der Waals surface area contributed by atoms with Crippen molar-refractivity contribution in [1.82, 2.24) is 14.8 Å². The number of furan rings is 1. The maximum Gasteiger partial charge on any atom is 0.391 e. The summed E-state index contributed by atoms with van der Waals surface area (Å²) in [5.74, 6) is -1.47. The van der Waals surface area contributed by atoms with E-state index in [1.807, 2.05) is 50.2 Å². The Balaban J connectivity index is 1.44. The van der Waals surface area contributed by atoms with Crippen molar-refractivity contribution in [1.29, 1.82) is 0 Å². The zero-order valence-corrected chi connectivity index (χ0v) is 23.1. The first-order valence-corrected chi connectivity index (χ1v) is 13.8. The van der Waals surface area contributed by atoms with Gasteiger partial charge in [-0.25, -0.2) is 9.48 Å². The number of nitrogens with zero attached hydrogens (tertiary/aromatic N) is 4. The molecule has 41 heavy (non-hydrogen) atoms. The van der Waals surface area contributed by atoms with E-state index >= 15 is 0 Å². The van der Waals surface area contributed by atoms with Gasteiger partial charge in [-0.3, -0.25) is 4.98 Å². The Morgan fingerprint density at radius 1 is 1.17 bits per heavy atom. The van der Waals surface area contributed by atoms with Gasteiger partial charge in [0.15, 0.2) is 11.4 Å². The van der Waals surface area contributed by atoms with Crippen molar-refractivity contribution in [3.05, 3.63) is 60.4 Å². The SMILES string of the molecule is CCOC(=O)c1cn(-c2ccc(-c3cc4ncccc4o3)cc2)nc1N(C(C)C)C(O)C1CCC(C(F)(F)F)CC1. The topological polar surface area (TPSA) is 93.6 Å². The molecule has 0 bridgehead atoms. The molecule has 0 amide bonds. The van der Waals surface area contributed by atoms with Gasteiger partial charge in [-0.05, 0) is 82.9 Å². The smallest absolute Gasteiger partial charge is 0.391 e. The second-order valence-corrected chi connectivity index (χ2v) is 10.6. The van der Waals surface area contributed by atoms with Gasteiger partial charge in [0, 0.05) is 36.0 Å². The van der Waals surface area contributed by atoms with E-state index in [2.05, 4.69) is 10.1 Å². The largest absolute Gasteiger partial charge is 0.462 e. The van der Waals surface area contributed by atoms with Crippen LogP contribution in [-0.4, -0.2) is 50.9 Å². The van der Waals surface area contributed by atoms with Crippen molar-refractivity contribution >= 4 is 22.9 Å². The van der Waals surface area contributed by atoms with Gasteiger partial charge in [-0.1, -0.05) is 0 Å². The predicted octanol–water partition coefficient (Wildman–Crippen LogP) is 6.76. The van der Waals surface area contributed by atoms with Crippen molar-refractivity contribution in [3.8, 4) is 17.0 Å². The number of esters is 1. The molecule has 0 saturated heterocycles. The molecule has 1 N–H and O–H groups in total. The Morgan fingerprint density at radius 2 is 1.88 bits per heavy atom. The Hall–Kier alpha value is -3.86. The van der Waals surface area contributed by atoms with Crippen molar-refractivity contribution in [2.75, 3.05) is 11.5 Å². The third-order valence-corrected chi connectivity index (χ3v) is 7.64. The molecule has 0 aliphatic heterocycles. The Bertz CT molecular complexity index is 1450.